The summed E-state index contributed by atoms with van der Waals surface area (Å²) in [6, 6.07) is 8.60. The second-order valence-electron chi connectivity index (χ2n) is 4.58. The molecule has 0 unspecified atom stereocenters. The van der Waals surface area contributed by atoms with Crippen molar-refractivity contribution in [1.29, 1.82) is 0 Å². The zero-order valence-electron chi connectivity index (χ0n) is 11.7. The van der Waals surface area contributed by atoms with E-state index in [9.17, 15) is 0 Å². The van der Waals surface area contributed by atoms with Crippen LogP contribution in [0.15, 0.2) is 29.2 Å². The van der Waals surface area contributed by atoms with Gasteiger partial charge < -0.3 is 0 Å². The molecule has 0 aliphatic heterocycles. The van der Waals surface area contributed by atoms with Gasteiger partial charge >= 0.3 is 0 Å². The molecule has 1 aromatic rings. The summed E-state index contributed by atoms with van der Waals surface area (Å²) in [6.45, 7) is 12.8. The maximum Gasteiger partial charge on any atom is 0.0233 e. The van der Waals surface area contributed by atoms with E-state index >= 15 is 0 Å². The highest BCUT2D eigenvalue weighted by atomic mass is 32.2. The Hall–Kier alpha value is -0.470. The Kier molecular flexibility index (Phi) is 6.77. The molecule has 0 heterocycles. The van der Waals surface area contributed by atoms with Gasteiger partial charge in [0.2, 0.25) is 0 Å². The van der Waals surface area contributed by atoms with E-state index in [1.807, 2.05) is 13.8 Å². The number of aryl methyl sites for hydroxylation is 1. The van der Waals surface area contributed by atoms with Crippen molar-refractivity contribution in [3.63, 3.8) is 0 Å². The summed E-state index contributed by atoms with van der Waals surface area (Å²) in [5, 5.41) is 0. The Morgan fingerprint density at radius 2 is 1.69 bits per heavy atom. The molecule has 16 heavy (non-hydrogen) atoms. The summed E-state index contributed by atoms with van der Waals surface area (Å²) in [4.78, 5) is 1.31. The smallest absolute Gasteiger partial charge is 0.0233 e. The Bertz CT molecular complexity index is 302. The fourth-order valence-corrected chi connectivity index (χ4v) is 1.94. The van der Waals surface area contributed by atoms with Crippen LogP contribution < -0.4 is 0 Å². The van der Waals surface area contributed by atoms with Gasteiger partial charge in [0.15, 0.2) is 0 Å². The van der Waals surface area contributed by atoms with Gasteiger partial charge in [-0.1, -0.05) is 26.0 Å². The van der Waals surface area contributed by atoms with Gasteiger partial charge in [-0.2, -0.15) is 0 Å². The van der Waals surface area contributed by atoms with E-state index in [4.69, 9.17) is 0 Å². The van der Waals surface area contributed by atoms with Crippen molar-refractivity contribution in [2.75, 3.05) is 7.05 Å². The zero-order valence-corrected chi connectivity index (χ0v) is 12.5. The minimum atomic E-state index is 0.203. The monoisotopic (exact) mass is 239 g/mol. The lowest BCUT2D eigenvalue weighted by molar-refractivity contribution is 0.319. The molecule has 92 valence electrons. The maximum absolute atomic E-state index is 2.28. The molecular weight excluding hydrogens is 214 g/mol. The van der Waals surface area contributed by atoms with Crippen LogP contribution in [0, 0.1) is 6.92 Å². The third-order valence-electron chi connectivity index (χ3n) is 2.18. The van der Waals surface area contributed by atoms with E-state index in [1.54, 1.807) is 11.9 Å². The quantitative estimate of drug-likeness (QED) is 0.685. The first-order valence-corrected chi connectivity index (χ1v) is 6.65. The first kappa shape index (κ1) is 15.5. The lowest BCUT2D eigenvalue weighted by Crippen LogP contribution is -2.32. The van der Waals surface area contributed by atoms with Crippen LogP contribution in [-0.4, -0.2) is 16.9 Å². The predicted molar refractivity (Wildman–Crippen MR) is 75.9 cm³/mol. The van der Waals surface area contributed by atoms with Crippen molar-refractivity contribution in [3.8, 4) is 0 Å². The fraction of sp³-hybridized carbons (Fsp3) is 0.571. The zero-order chi connectivity index (χ0) is 12.8. The topological polar surface area (TPSA) is 3.24 Å². The van der Waals surface area contributed by atoms with Crippen LogP contribution in [0.3, 0.4) is 0 Å². The number of hydrogen-bond donors (Lipinski definition) is 0. The highest BCUT2D eigenvalue weighted by Crippen LogP contribution is 2.28. The predicted octanol–water partition coefficient (Wildman–Crippen LogP) is 4.76. The van der Waals surface area contributed by atoms with Gasteiger partial charge in [-0.05, 0) is 64.4 Å². The molecule has 0 saturated heterocycles. The van der Waals surface area contributed by atoms with Gasteiger partial charge in [-0.25, -0.2) is 4.31 Å². The van der Waals surface area contributed by atoms with Crippen molar-refractivity contribution in [1.82, 2.24) is 4.31 Å². The van der Waals surface area contributed by atoms with Gasteiger partial charge in [-0.15, -0.1) is 0 Å². The van der Waals surface area contributed by atoms with Crippen molar-refractivity contribution in [3.05, 3.63) is 29.8 Å². The summed E-state index contributed by atoms with van der Waals surface area (Å²) in [6.07, 6.45) is 0. The van der Waals surface area contributed by atoms with Crippen LogP contribution in [-0.2, 0) is 0 Å². The van der Waals surface area contributed by atoms with Gasteiger partial charge in [0.25, 0.3) is 0 Å². The van der Waals surface area contributed by atoms with Crippen molar-refractivity contribution in [2.45, 2.75) is 52.0 Å². The number of benzene rings is 1. The van der Waals surface area contributed by atoms with Crippen LogP contribution in [0.25, 0.3) is 0 Å². The van der Waals surface area contributed by atoms with Crippen LogP contribution in [0.4, 0.5) is 0 Å². The van der Waals surface area contributed by atoms with Gasteiger partial charge in [-0.3, -0.25) is 0 Å². The molecule has 0 saturated carbocycles. The van der Waals surface area contributed by atoms with E-state index in [0.29, 0.717) is 0 Å². The SMILES string of the molecule is CC.Cc1cccc(SN(C)C(C)(C)C)c1. The van der Waals surface area contributed by atoms with E-state index in [-0.39, 0.29) is 5.54 Å². The second kappa shape index (κ2) is 6.97. The molecule has 0 aromatic heterocycles. The first-order chi connectivity index (χ1) is 7.39. The van der Waals surface area contributed by atoms with Crippen molar-refractivity contribution >= 4 is 11.9 Å². The molecule has 0 fully saturated rings. The van der Waals surface area contributed by atoms with Crippen molar-refractivity contribution < 1.29 is 0 Å². The highest BCUT2D eigenvalue weighted by molar-refractivity contribution is 7.97. The Morgan fingerprint density at radius 3 is 2.12 bits per heavy atom. The van der Waals surface area contributed by atoms with Gasteiger partial charge in [0, 0.05) is 10.4 Å². The molecule has 1 rings (SSSR count). The molecule has 0 spiro atoms. The van der Waals surface area contributed by atoms with E-state index in [2.05, 4.69) is 63.3 Å². The first-order valence-electron chi connectivity index (χ1n) is 5.88. The van der Waals surface area contributed by atoms with Crippen LogP contribution in [0.1, 0.15) is 40.2 Å². The molecule has 0 bridgehead atoms. The number of hydrogen-bond acceptors (Lipinski definition) is 2. The Labute approximate surface area is 105 Å². The normalized spacial score (nSPS) is 11.0. The number of nitrogens with zero attached hydrogens (tertiary/aromatic N) is 1. The average molecular weight is 239 g/mol. The second-order valence-corrected chi connectivity index (χ2v) is 5.78. The molecule has 0 amide bonds. The van der Waals surface area contributed by atoms with E-state index in [1.165, 1.54) is 10.5 Å². The number of rotatable bonds is 2. The summed E-state index contributed by atoms with van der Waals surface area (Å²) in [5.41, 5.74) is 1.52. The molecule has 1 nitrogen and oxygen atoms in total. The summed E-state index contributed by atoms with van der Waals surface area (Å²) in [5.74, 6) is 0. The minimum absolute atomic E-state index is 0.203. The lowest BCUT2D eigenvalue weighted by Gasteiger charge is -2.30. The van der Waals surface area contributed by atoms with Crippen LogP contribution >= 0.6 is 11.9 Å². The maximum atomic E-state index is 2.28. The molecule has 1 aromatic carbocycles. The Morgan fingerprint density at radius 1 is 1.12 bits per heavy atom. The van der Waals surface area contributed by atoms with Crippen molar-refractivity contribution in [2.24, 2.45) is 0 Å². The minimum Gasteiger partial charge on any atom is -0.244 e. The largest absolute Gasteiger partial charge is 0.244 e. The molecule has 0 N–H and O–H groups in total. The molecule has 0 radical (unpaired) electrons. The van der Waals surface area contributed by atoms with E-state index < -0.39 is 0 Å². The van der Waals surface area contributed by atoms with Crippen LogP contribution in [0.2, 0.25) is 0 Å². The summed E-state index contributed by atoms with van der Waals surface area (Å²) < 4.78 is 2.28. The lowest BCUT2D eigenvalue weighted by atomic mass is 10.1. The van der Waals surface area contributed by atoms with Gasteiger partial charge in [0.05, 0.1) is 0 Å². The van der Waals surface area contributed by atoms with Gasteiger partial charge in [0.1, 0.15) is 0 Å². The molecule has 0 aliphatic rings. The highest BCUT2D eigenvalue weighted by Gasteiger charge is 2.17. The standard InChI is InChI=1S/C12H19NS.C2H6/c1-10-7-6-8-11(9-10)14-13(5)12(2,3)4;1-2/h6-9H,1-5H3;1-2H3. The summed E-state index contributed by atoms with van der Waals surface area (Å²) in [7, 11) is 2.13. The third-order valence-corrected chi connectivity index (χ3v) is 3.46. The van der Waals surface area contributed by atoms with E-state index in [0.717, 1.165) is 0 Å². The molecule has 0 atom stereocenters. The van der Waals surface area contributed by atoms with Crippen LogP contribution in [0.5, 0.6) is 0 Å². The molecule has 0 aliphatic carbocycles. The Balaban J connectivity index is 0.00000106. The molecular formula is C14H25NS. The molecule has 2 heteroatoms. The average Bonchev–Trinajstić information content (AvgIpc) is 2.19. The fourth-order valence-electron chi connectivity index (χ4n) is 0.967. The third kappa shape index (κ3) is 5.57. The summed E-state index contributed by atoms with van der Waals surface area (Å²) >= 11 is 1.80.